The summed E-state index contributed by atoms with van der Waals surface area (Å²) >= 11 is 0. The lowest BCUT2D eigenvalue weighted by molar-refractivity contribution is 0.361. The maximum absolute atomic E-state index is 4.11. The number of nitrogens with zero attached hydrogens (tertiary/aromatic N) is 1. The smallest absolute Gasteiger partial charge is 0.274 e. The second-order valence-electron chi connectivity index (χ2n) is 3.28. The average molecular weight is 137 g/mol. The van der Waals surface area contributed by atoms with E-state index in [2.05, 4.69) is 16.2 Å². The van der Waals surface area contributed by atoms with E-state index in [0.717, 1.165) is 13.0 Å². The molecule has 0 aromatic heterocycles. The van der Waals surface area contributed by atoms with E-state index in [1.807, 2.05) is 0 Å². The Bertz CT molecular complexity index is 181. The van der Waals surface area contributed by atoms with Gasteiger partial charge in [-0.15, -0.1) is 0 Å². The highest BCUT2D eigenvalue weighted by Crippen LogP contribution is 2.28. The van der Waals surface area contributed by atoms with Crippen LogP contribution in [0.2, 0.25) is 0 Å². The van der Waals surface area contributed by atoms with Gasteiger partial charge < -0.3 is 5.32 Å². The van der Waals surface area contributed by atoms with Crippen LogP contribution in [0.5, 0.6) is 0 Å². The van der Waals surface area contributed by atoms with Gasteiger partial charge >= 0.3 is 0 Å². The summed E-state index contributed by atoms with van der Waals surface area (Å²) in [6, 6.07) is 3.08. The van der Waals surface area contributed by atoms with E-state index in [4.69, 9.17) is 0 Å². The molecule has 1 saturated heterocycles. The van der Waals surface area contributed by atoms with Crippen molar-refractivity contribution in [3.05, 3.63) is 4.85 Å². The van der Waals surface area contributed by atoms with Crippen molar-refractivity contribution in [1.82, 2.24) is 5.32 Å². The minimum absolute atomic E-state index is 0.418. The third-order valence-corrected chi connectivity index (χ3v) is 2.56. The van der Waals surface area contributed by atoms with Crippen LogP contribution in [-0.4, -0.2) is 18.6 Å². The molecule has 1 fully saturated rings. The van der Waals surface area contributed by atoms with Gasteiger partial charge in [0.25, 0.3) is 12.6 Å². The van der Waals surface area contributed by atoms with Crippen molar-refractivity contribution in [1.29, 1.82) is 0 Å². The zero-order valence-electron chi connectivity index (χ0n) is 6.19. The fourth-order valence-electron chi connectivity index (χ4n) is 1.88. The van der Waals surface area contributed by atoms with Gasteiger partial charge in [0.1, 0.15) is 0 Å². The van der Waals surface area contributed by atoms with Crippen molar-refractivity contribution in [3.63, 3.8) is 0 Å². The summed E-state index contributed by atoms with van der Waals surface area (Å²) in [5.41, 5.74) is 0.418. The molecule has 0 amide bonds. The van der Waals surface area contributed by atoms with Crippen LogP contribution in [0.3, 0.4) is 0 Å². The predicted octanol–water partition coefficient (Wildman–Crippen LogP) is 1.24. The fraction of sp³-hybridized carbons (Fsp3) is 0.875. The molecular formula is C8H13N2+. The molecule has 0 aromatic rings. The van der Waals surface area contributed by atoms with Gasteiger partial charge in [-0.1, -0.05) is 4.85 Å². The maximum atomic E-state index is 4.11. The van der Waals surface area contributed by atoms with Crippen molar-refractivity contribution in [2.75, 3.05) is 13.1 Å². The normalized spacial score (nSPS) is 37.6. The highest BCUT2D eigenvalue weighted by atomic mass is 15.0. The Hall–Kier alpha value is -0.550. The van der Waals surface area contributed by atoms with Crippen molar-refractivity contribution in [2.24, 2.45) is 0 Å². The lowest BCUT2D eigenvalue weighted by Crippen LogP contribution is -2.40. The van der Waals surface area contributed by atoms with Gasteiger partial charge in [-0.3, -0.25) is 0 Å². The van der Waals surface area contributed by atoms with Crippen LogP contribution >= 0.6 is 0 Å². The molecule has 0 saturated carbocycles. The van der Waals surface area contributed by atoms with Gasteiger partial charge in [0, 0.05) is 12.0 Å². The monoisotopic (exact) mass is 137 g/mol. The Morgan fingerprint density at radius 2 is 2.40 bits per heavy atom. The molecule has 2 aliphatic rings. The van der Waals surface area contributed by atoms with E-state index >= 15 is 0 Å². The van der Waals surface area contributed by atoms with Gasteiger partial charge in [-0.25, -0.2) is 0 Å². The number of hydrogen-bond acceptors (Lipinski definition) is 1. The van der Waals surface area contributed by atoms with Crippen LogP contribution < -0.4 is 5.32 Å². The summed E-state index contributed by atoms with van der Waals surface area (Å²) < 4.78 is 0. The molecule has 10 heavy (non-hydrogen) atoms. The molecule has 1 unspecified atom stereocenters. The molecule has 2 heterocycles. The second kappa shape index (κ2) is 2.25. The standard InChI is InChI=1S/C8H13N2/c1-2-8(10-5-1)3-6-9-7-4-8/h10H,1-6H2/q+1. The maximum Gasteiger partial charge on any atom is 0.274 e. The van der Waals surface area contributed by atoms with Crippen LogP contribution in [-0.2, 0) is 0 Å². The first kappa shape index (κ1) is 6.18. The van der Waals surface area contributed by atoms with Crippen molar-refractivity contribution >= 4 is 0 Å². The Balaban J connectivity index is 2.10. The first-order valence-electron chi connectivity index (χ1n) is 4.06. The Kier molecular flexibility index (Phi) is 1.39. The summed E-state index contributed by atoms with van der Waals surface area (Å²) in [5.74, 6) is 0. The molecule has 54 valence electrons. The number of hydrogen-bond donors (Lipinski definition) is 1. The first-order valence-corrected chi connectivity index (χ1v) is 4.06. The van der Waals surface area contributed by atoms with E-state index in [9.17, 15) is 0 Å². The Morgan fingerprint density at radius 1 is 1.40 bits per heavy atom. The SMILES string of the molecule is C1#[N+]CCC2(C1)CCCN2. The molecule has 2 nitrogen and oxygen atoms in total. The Morgan fingerprint density at radius 3 is 3.00 bits per heavy atom. The molecule has 0 radical (unpaired) electrons. The fourth-order valence-corrected chi connectivity index (χ4v) is 1.88. The van der Waals surface area contributed by atoms with Crippen molar-refractivity contribution in [3.8, 4) is 6.07 Å². The van der Waals surface area contributed by atoms with Gasteiger partial charge in [-0.2, -0.15) is 0 Å². The lowest BCUT2D eigenvalue weighted by atomic mass is 9.89. The van der Waals surface area contributed by atoms with Gasteiger partial charge in [0.2, 0.25) is 0 Å². The molecule has 2 rings (SSSR count). The molecule has 1 atom stereocenters. The number of rotatable bonds is 0. The molecular weight excluding hydrogens is 124 g/mol. The topological polar surface area (TPSA) is 16.4 Å². The van der Waals surface area contributed by atoms with E-state index in [1.54, 1.807) is 0 Å². The van der Waals surface area contributed by atoms with Gasteiger partial charge in [-0.05, 0) is 19.4 Å². The highest BCUT2D eigenvalue weighted by Gasteiger charge is 2.37. The minimum atomic E-state index is 0.418. The molecule has 1 spiro atoms. The molecule has 2 aliphatic heterocycles. The van der Waals surface area contributed by atoms with Gasteiger partial charge in [0.15, 0.2) is 0 Å². The summed E-state index contributed by atoms with van der Waals surface area (Å²) in [4.78, 5) is 4.11. The first-order chi connectivity index (χ1) is 4.91. The summed E-state index contributed by atoms with van der Waals surface area (Å²) in [7, 11) is 0. The third kappa shape index (κ3) is 0.911. The summed E-state index contributed by atoms with van der Waals surface area (Å²) in [6.07, 6.45) is 4.92. The van der Waals surface area contributed by atoms with Crippen LogP contribution in [0, 0.1) is 6.07 Å². The summed E-state index contributed by atoms with van der Waals surface area (Å²) in [5, 5.41) is 3.55. The largest absolute Gasteiger partial charge is 0.310 e. The second-order valence-corrected chi connectivity index (χ2v) is 3.28. The molecule has 0 bridgehead atoms. The highest BCUT2D eigenvalue weighted by molar-refractivity contribution is 5.08. The lowest BCUT2D eigenvalue weighted by Gasteiger charge is -2.23. The zero-order valence-corrected chi connectivity index (χ0v) is 6.19. The van der Waals surface area contributed by atoms with E-state index < -0.39 is 0 Å². The van der Waals surface area contributed by atoms with Crippen molar-refractivity contribution < 1.29 is 0 Å². The average Bonchev–Trinajstić information content (AvgIpc) is 2.39. The Labute approximate surface area is 61.4 Å². The van der Waals surface area contributed by atoms with Gasteiger partial charge in [0.05, 0.1) is 6.42 Å². The number of nitrogens with one attached hydrogen (secondary N) is 1. The molecule has 1 N–H and O–H groups in total. The van der Waals surface area contributed by atoms with Crippen molar-refractivity contribution in [2.45, 2.75) is 31.2 Å². The minimum Gasteiger partial charge on any atom is -0.310 e. The predicted molar refractivity (Wildman–Crippen MR) is 41.3 cm³/mol. The van der Waals surface area contributed by atoms with Crippen LogP contribution in [0.15, 0.2) is 0 Å². The van der Waals surface area contributed by atoms with Crippen LogP contribution in [0.1, 0.15) is 25.7 Å². The zero-order chi connectivity index (χ0) is 6.86. The molecule has 2 heteroatoms. The summed E-state index contributed by atoms with van der Waals surface area (Å²) in [6.45, 7) is 2.18. The van der Waals surface area contributed by atoms with E-state index in [-0.39, 0.29) is 0 Å². The molecule has 0 aliphatic carbocycles. The van der Waals surface area contributed by atoms with E-state index in [0.29, 0.717) is 5.54 Å². The third-order valence-electron chi connectivity index (χ3n) is 2.56. The molecule has 0 aromatic carbocycles. The van der Waals surface area contributed by atoms with E-state index in [1.165, 1.54) is 25.8 Å². The quantitative estimate of drug-likeness (QED) is 0.531. The van der Waals surface area contributed by atoms with Crippen LogP contribution in [0.25, 0.3) is 4.85 Å². The van der Waals surface area contributed by atoms with Crippen LogP contribution in [0.4, 0.5) is 0 Å².